The zero-order valence-electron chi connectivity index (χ0n) is 12.7. The van der Waals surface area contributed by atoms with Gasteiger partial charge in [0.1, 0.15) is 0 Å². The lowest BCUT2D eigenvalue weighted by atomic mass is 10.1. The van der Waals surface area contributed by atoms with Crippen molar-refractivity contribution in [3.63, 3.8) is 0 Å². The van der Waals surface area contributed by atoms with Crippen molar-refractivity contribution in [2.45, 2.75) is 19.1 Å². The van der Waals surface area contributed by atoms with Crippen molar-refractivity contribution in [1.29, 1.82) is 0 Å². The van der Waals surface area contributed by atoms with Crippen LogP contribution in [0, 0.1) is 0 Å². The molecular weight excluding hydrogens is 292 g/mol. The Labute approximate surface area is 137 Å². The molecule has 110 valence electrons. The van der Waals surface area contributed by atoms with Crippen molar-refractivity contribution < 1.29 is 0 Å². The Balaban J connectivity index is 2.33. The van der Waals surface area contributed by atoms with Crippen molar-refractivity contribution in [2.75, 3.05) is 11.5 Å². The van der Waals surface area contributed by atoms with E-state index in [-0.39, 0.29) is 0 Å². The Kier molecular flexibility index (Phi) is 6.98. The average Bonchev–Trinajstić information content (AvgIpc) is 2.55. The minimum absolute atomic E-state index is 0.422. The van der Waals surface area contributed by atoms with Crippen LogP contribution in [0.2, 0.25) is 0 Å². The third-order valence-corrected chi connectivity index (χ3v) is 5.21. The van der Waals surface area contributed by atoms with E-state index in [0.717, 1.165) is 11.5 Å². The number of thioether (sulfide) groups is 2. The molecule has 0 fully saturated rings. The highest BCUT2D eigenvalue weighted by molar-refractivity contribution is 8.08. The summed E-state index contributed by atoms with van der Waals surface area (Å²) in [5.74, 6) is 2.22. The largest absolute Gasteiger partial charge is 0.150 e. The Morgan fingerprint density at radius 1 is 0.905 bits per heavy atom. The molecule has 0 bridgehead atoms. The summed E-state index contributed by atoms with van der Waals surface area (Å²) in [5.41, 5.74) is 2.71. The van der Waals surface area contributed by atoms with E-state index < -0.39 is 0 Å². The average molecular weight is 315 g/mol. The molecule has 0 N–H and O–H groups in total. The van der Waals surface area contributed by atoms with Crippen LogP contribution in [0.4, 0.5) is 0 Å². The van der Waals surface area contributed by atoms with Crippen LogP contribution in [0.5, 0.6) is 0 Å². The molecule has 0 spiro atoms. The van der Waals surface area contributed by atoms with Crippen molar-refractivity contribution in [2.24, 2.45) is 0 Å². The minimum atomic E-state index is 0.422. The summed E-state index contributed by atoms with van der Waals surface area (Å²) in [6.45, 7) is 4.44. The lowest BCUT2D eigenvalue weighted by molar-refractivity contribution is 1.23. The first-order chi connectivity index (χ1) is 10.3. The summed E-state index contributed by atoms with van der Waals surface area (Å²) >= 11 is 3.91. The molecule has 0 aliphatic rings. The third kappa shape index (κ3) is 4.98. The molecule has 2 aromatic rings. The van der Waals surface area contributed by atoms with E-state index in [1.807, 2.05) is 23.5 Å². The zero-order chi connectivity index (χ0) is 14.9. The molecule has 2 rings (SSSR count). The molecule has 0 heterocycles. The zero-order valence-corrected chi connectivity index (χ0v) is 14.3. The first-order valence-electron chi connectivity index (χ1n) is 7.41. The first-order valence-corrected chi connectivity index (χ1v) is 9.45. The Morgan fingerprint density at radius 3 is 2.10 bits per heavy atom. The molecular formula is C19H22S2. The predicted molar refractivity (Wildman–Crippen MR) is 99.9 cm³/mol. The van der Waals surface area contributed by atoms with Crippen LogP contribution in [-0.4, -0.2) is 11.5 Å². The molecule has 21 heavy (non-hydrogen) atoms. The van der Waals surface area contributed by atoms with Gasteiger partial charge in [-0.1, -0.05) is 80.6 Å². The van der Waals surface area contributed by atoms with Crippen molar-refractivity contribution >= 4 is 28.4 Å². The normalized spacial score (nSPS) is 13.1. The Morgan fingerprint density at radius 2 is 1.52 bits per heavy atom. The topological polar surface area (TPSA) is 0 Å². The second kappa shape index (κ2) is 9.01. The molecule has 0 aliphatic heterocycles. The molecule has 2 aromatic carbocycles. The van der Waals surface area contributed by atoms with Gasteiger partial charge in [-0.15, -0.1) is 23.5 Å². The van der Waals surface area contributed by atoms with Gasteiger partial charge >= 0.3 is 0 Å². The summed E-state index contributed by atoms with van der Waals surface area (Å²) in [6.07, 6.45) is 2.42. The fourth-order valence-corrected chi connectivity index (χ4v) is 4.06. The lowest BCUT2D eigenvalue weighted by Crippen LogP contribution is -1.93. The van der Waals surface area contributed by atoms with E-state index in [9.17, 15) is 0 Å². The van der Waals surface area contributed by atoms with Gasteiger partial charge in [-0.05, 0) is 22.6 Å². The van der Waals surface area contributed by atoms with Crippen LogP contribution >= 0.6 is 23.5 Å². The number of hydrogen-bond acceptors (Lipinski definition) is 2. The van der Waals surface area contributed by atoms with E-state index in [0.29, 0.717) is 5.25 Å². The maximum absolute atomic E-state index is 2.42. The van der Waals surface area contributed by atoms with Crippen LogP contribution < -0.4 is 0 Å². The minimum Gasteiger partial charge on any atom is -0.150 e. The number of benzene rings is 2. The summed E-state index contributed by atoms with van der Waals surface area (Å²) < 4.78 is 0. The van der Waals surface area contributed by atoms with Gasteiger partial charge in [0, 0.05) is 10.2 Å². The summed E-state index contributed by atoms with van der Waals surface area (Å²) in [4.78, 5) is 1.38. The van der Waals surface area contributed by atoms with Gasteiger partial charge in [0.25, 0.3) is 0 Å². The highest BCUT2D eigenvalue weighted by Crippen LogP contribution is 2.36. The highest BCUT2D eigenvalue weighted by Gasteiger charge is 2.11. The van der Waals surface area contributed by atoms with Crippen molar-refractivity contribution in [3.8, 4) is 0 Å². The van der Waals surface area contributed by atoms with E-state index in [1.165, 1.54) is 16.0 Å². The van der Waals surface area contributed by atoms with Crippen LogP contribution in [-0.2, 0) is 0 Å². The molecule has 1 atom stereocenters. The van der Waals surface area contributed by atoms with Crippen LogP contribution in [0.1, 0.15) is 30.2 Å². The van der Waals surface area contributed by atoms with E-state index in [4.69, 9.17) is 0 Å². The van der Waals surface area contributed by atoms with Gasteiger partial charge in [-0.3, -0.25) is 0 Å². The van der Waals surface area contributed by atoms with Gasteiger partial charge in [-0.2, -0.15) is 0 Å². The molecule has 0 aliphatic carbocycles. The van der Waals surface area contributed by atoms with Crippen molar-refractivity contribution in [3.05, 3.63) is 77.9 Å². The van der Waals surface area contributed by atoms with Gasteiger partial charge in [0.15, 0.2) is 0 Å². The number of hydrogen-bond donors (Lipinski definition) is 0. The van der Waals surface area contributed by atoms with Gasteiger partial charge < -0.3 is 0 Å². The molecule has 0 saturated heterocycles. The quantitative estimate of drug-likeness (QED) is 0.590. The predicted octanol–water partition coefficient (Wildman–Crippen LogP) is 6.28. The van der Waals surface area contributed by atoms with Gasteiger partial charge in [0.2, 0.25) is 0 Å². The molecule has 0 radical (unpaired) electrons. The van der Waals surface area contributed by atoms with Crippen LogP contribution in [0.3, 0.4) is 0 Å². The second-order valence-corrected chi connectivity index (χ2v) is 7.34. The van der Waals surface area contributed by atoms with Crippen LogP contribution in [0.25, 0.3) is 4.91 Å². The fourth-order valence-electron chi connectivity index (χ4n) is 2.19. The molecule has 0 nitrogen and oxygen atoms in total. The Bertz CT molecular complexity index is 546. The highest BCUT2D eigenvalue weighted by atomic mass is 32.2. The van der Waals surface area contributed by atoms with Crippen molar-refractivity contribution in [1.82, 2.24) is 0 Å². The lowest BCUT2D eigenvalue weighted by Gasteiger charge is -2.15. The van der Waals surface area contributed by atoms with E-state index >= 15 is 0 Å². The first kappa shape index (κ1) is 16.3. The van der Waals surface area contributed by atoms with Crippen LogP contribution in [0.15, 0.2) is 66.7 Å². The van der Waals surface area contributed by atoms with E-state index in [1.54, 1.807) is 0 Å². The van der Waals surface area contributed by atoms with E-state index in [2.05, 4.69) is 80.6 Å². The summed E-state index contributed by atoms with van der Waals surface area (Å²) in [5, 5.41) is 0.422. The van der Waals surface area contributed by atoms with Gasteiger partial charge in [0.05, 0.1) is 0 Å². The third-order valence-electron chi connectivity index (χ3n) is 3.14. The number of rotatable bonds is 7. The fraction of sp³-hybridized carbons (Fsp3) is 0.263. The smallest absolute Gasteiger partial charge is 0.0491 e. The SMILES string of the molecule is CCS/C(=C\C(SCC)c1ccccc1)c1ccccc1. The molecule has 0 amide bonds. The second-order valence-electron chi connectivity index (χ2n) is 4.62. The molecule has 1 unspecified atom stereocenters. The molecule has 2 heteroatoms. The monoisotopic (exact) mass is 314 g/mol. The molecule has 0 aromatic heterocycles. The summed E-state index contributed by atoms with van der Waals surface area (Å²) in [6, 6.07) is 21.5. The maximum Gasteiger partial charge on any atom is 0.0491 e. The maximum atomic E-state index is 2.42. The standard InChI is InChI=1S/C19H22S2/c1-3-20-18(16-11-7-5-8-12-16)15-19(21-4-2)17-13-9-6-10-14-17/h5-15,18H,3-4H2,1-2H3/b19-15-. The molecule has 0 saturated carbocycles. The Hall–Kier alpha value is -1.12. The van der Waals surface area contributed by atoms with Gasteiger partial charge in [-0.25, -0.2) is 0 Å². The summed E-state index contributed by atoms with van der Waals surface area (Å²) in [7, 11) is 0.